The minimum absolute atomic E-state index is 0.0792. The second-order valence-electron chi connectivity index (χ2n) is 4.54. The van der Waals surface area contributed by atoms with Crippen LogP contribution in [0, 0.1) is 0 Å². The van der Waals surface area contributed by atoms with E-state index in [1.165, 1.54) is 0 Å². The zero-order valence-electron chi connectivity index (χ0n) is 11.5. The monoisotopic (exact) mass is 304 g/mol. The van der Waals surface area contributed by atoms with Gasteiger partial charge >= 0.3 is 0 Å². The normalized spacial score (nSPS) is 10.1. The Balaban J connectivity index is 1.72. The van der Waals surface area contributed by atoms with Gasteiger partial charge in [-0.1, -0.05) is 35.9 Å². The van der Waals surface area contributed by atoms with Crippen molar-refractivity contribution in [3.63, 3.8) is 0 Å². The molecule has 0 saturated carbocycles. The fraction of sp³-hybridized carbons (Fsp3) is 0.188. The third kappa shape index (κ3) is 5.00. The van der Waals surface area contributed by atoms with E-state index < -0.39 is 0 Å². The topological polar surface area (TPSA) is 64.3 Å². The highest BCUT2D eigenvalue weighted by Crippen LogP contribution is 2.19. The molecule has 2 rings (SSSR count). The van der Waals surface area contributed by atoms with Crippen LogP contribution in [-0.4, -0.2) is 12.5 Å². The Morgan fingerprint density at radius 3 is 2.76 bits per heavy atom. The van der Waals surface area contributed by atoms with Crippen molar-refractivity contribution in [2.24, 2.45) is 0 Å². The number of halogens is 1. The Bertz CT molecular complexity index is 617. The lowest BCUT2D eigenvalue weighted by Crippen LogP contribution is -2.24. The lowest BCUT2D eigenvalue weighted by atomic mass is 10.2. The Morgan fingerprint density at radius 1 is 1.19 bits per heavy atom. The van der Waals surface area contributed by atoms with Gasteiger partial charge in [-0.3, -0.25) is 4.79 Å². The van der Waals surface area contributed by atoms with Crippen molar-refractivity contribution in [3.05, 3.63) is 59.1 Å². The molecule has 0 atom stereocenters. The highest BCUT2D eigenvalue weighted by atomic mass is 35.5. The molecular formula is C16H17ClN2O2. The summed E-state index contributed by atoms with van der Waals surface area (Å²) in [5.74, 6) is 0.518. The van der Waals surface area contributed by atoms with Gasteiger partial charge in [0.15, 0.2) is 0 Å². The molecule has 2 aromatic carbocycles. The maximum atomic E-state index is 11.7. The molecule has 0 unspecified atom stereocenters. The molecule has 2 aromatic rings. The van der Waals surface area contributed by atoms with Gasteiger partial charge in [0.25, 0.3) is 0 Å². The van der Waals surface area contributed by atoms with Crippen LogP contribution < -0.4 is 15.8 Å². The molecule has 0 fully saturated rings. The van der Waals surface area contributed by atoms with Crippen LogP contribution in [0.15, 0.2) is 48.5 Å². The van der Waals surface area contributed by atoms with E-state index in [0.717, 1.165) is 5.56 Å². The van der Waals surface area contributed by atoms with Gasteiger partial charge in [0, 0.05) is 11.6 Å². The molecule has 3 N–H and O–H groups in total. The predicted octanol–water partition coefficient (Wildman–Crippen LogP) is 3.01. The fourth-order valence-electron chi connectivity index (χ4n) is 1.80. The summed E-state index contributed by atoms with van der Waals surface area (Å²) >= 11 is 5.88. The van der Waals surface area contributed by atoms with Crippen molar-refractivity contribution in [2.45, 2.75) is 13.0 Å². The lowest BCUT2D eigenvalue weighted by Gasteiger charge is -2.09. The maximum Gasteiger partial charge on any atom is 0.223 e. The van der Waals surface area contributed by atoms with Crippen LogP contribution in [0.25, 0.3) is 0 Å². The number of nitrogens with two attached hydrogens (primary N) is 1. The van der Waals surface area contributed by atoms with Crippen molar-refractivity contribution < 1.29 is 9.53 Å². The molecule has 0 saturated heterocycles. The fourth-order valence-corrected chi connectivity index (χ4v) is 2.01. The number of carbonyl (C=O) groups excluding carboxylic acids is 1. The zero-order chi connectivity index (χ0) is 15.1. The Morgan fingerprint density at radius 2 is 2.00 bits per heavy atom. The van der Waals surface area contributed by atoms with Gasteiger partial charge in [-0.15, -0.1) is 0 Å². The standard InChI is InChI=1S/C16H17ClN2O2/c17-13-5-3-4-12(10-13)11-19-16(20)8-9-21-15-7-2-1-6-14(15)18/h1-7,10H,8-9,11,18H2,(H,19,20). The molecule has 4 nitrogen and oxygen atoms in total. The van der Waals surface area contributed by atoms with E-state index in [9.17, 15) is 4.79 Å². The minimum Gasteiger partial charge on any atom is -0.491 e. The van der Waals surface area contributed by atoms with Gasteiger partial charge < -0.3 is 15.8 Å². The Hall–Kier alpha value is -2.20. The first kappa shape index (κ1) is 15.2. The van der Waals surface area contributed by atoms with E-state index in [-0.39, 0.29) is 18.9 Å². The summed E-state index contributed by atoms with van der Waals surface area (Å²) in [4.78, 5) is 11.7. The predicted molar refractivity (Wildman–Crippen MR) is 84.3 cm³/mol. The minimum atomic E-state index is -0.0792. The molecule has 0 heterocycles. The molecule has 1 amide bonds. The van der Waals surface area contributed by atoms with Gasteiger partial charge in [0.2, 0.25) is 5.91 Å². The van der Waals surface area contributed by atoms with E-state index >= 15 is 0 Å². The summed E-state index contributed by atoms with van der Waals surface area (Å²) < 4.78 is 5.47. The first-order valence-electron chi connectivity index (χ1n) is 6.63. The van der Waals surface area contributed by atoms with Crippen molar-refractivity contribution in [1.82, 2.24) is 5.32 Å². The molecule has 21 heavy (non-hydrogen) atoms. The number of rotatable bonds is 6. The molecule has 0 aliphatic carbocycles. The highest BCUT2D eigenvalue weighted by Gasteiger charge is 2.04. The third-order valence-corrected chi connectivity index (χ3v) is 3.12. The summed E-state index contributed by atoms with van der Waals surface area (Å²) in [5, 5.41) is 3.48. The molecule has 0 aliphatic rings. The van der Waals surface area contributed by atoms with Crippen LogP contribution in [0.5, 0.6) is 5.75 Å². The van der Waals surface area contributed by atoms with Gasteiger partial charge in [0.1, 0.15) is 5.75 Å². The van der Waals surface area contributed by atoms with Crippen LogP contribution >= 0.6 is 11.6 Å². The molecule has 0 spiro atoms. The summed E-state index contributed by atoms with van der Waals surface area (Å²) in [6.07, 6.45) is 0.273. The number of para-hydroxylation sites is 2. The molecule has 0 bridgehead atoms. The number of nitrogen functional groups attached to an aromatic ring is 1. The van der Waals surface area contributed by atoms with Crippen molar-refractivity contribution in [1.29, 1.82) is 0 Å². The SMILES string of the molecule is Nc1ccccc1OCCC(=O)NCc1cccc(Cl)c1. The molecule has 0 radical (unpaired) electrons. The maximum absolute atomic E-state index is 11.7. The van der Waals surface area contributed by atoms with Crippen molar-refractivity contribution >= 4 is 23.2 Å². The van der Waals surface area contributed by atoms with E-state index in [2.05, 4.69) is 5.32 Å². The van der Waals surface area contributed by atoms with Crippen molar-refractivity contribution in [2.75, 3.05) is 12.3 Å². The second kappa shape index (κ2) is 7.55. The number of benzene rings is 2. The summed E-state index contributed by atoms with van der Waals surface area (Å²) in [5.41, 5.74) is 7.28. The first-order chi connectivity index (χ1) is 10.1. The zero-order valence-corrected chi connectivity index (χ0v) is 12.3. The van der Waals surface area contributed by atoms with Crippen LogP contribution in [0.4, 0.5) is 5.69 Å². The quantitative estimate of drug-likeness (QED) is 0.806. The number of nitrogens with one attached hydrogen (secondary N) is 1. The van der Waals surface area contributed by atoms with Gasteiger partial charge in [-0.2, -0.15) is 0 Å². The lowest BCUT2D eigenvalue weighted by molar-refractivity contribution is -0.121. The number of amides is 1. The molecule has 0 aliphatic heterocycles. The molecule has 110 valence electrons. The van der Waals surface area contributed by atoms with E-state index in [0.29, 0.717) is 23.0 Å². The number of ether oxygens (including phenoxy) is 1. The van der Waals surface area contributed by atoms with Crippen LogP contribution in [-0.2, 0) is 11.3 Å². The van der Waals surface area contributed by atoms with E-state index in [1.807, 2.05) is 30.3 Å². The van der Waals surface area contributed by atoms with Crippen molar-refractivity contribution in [3.8, 4) is 5.75 Å². The van der Waals surface area contributed by atoms with Gasteiger partial charge in [-0.05, 0) is 29.8 Å². The smallest absolute Gasteiger partial charge is 0.223 e. The second-order valence-corrected chi connectivity index (χ2v) is 4.98. The van der Waals surface area contributed by atoms with Crippen LogP contribution in [0.3, 0.4) is 0 Å². The highest BCUT2D eigenvalue weighted by molar-refractivity contribution is 6.30. The Labute approximate surface area is 128 Å². The summed E-state index contributed by atoms with van der Waals surface area (Å²) in [7, 11) is 0. The first-order valence-corrected chi connectivity index (χ1v) is 7.01. The average molecular weight is 305 g/mol. The number of carbonyl (C=O) groups is 1. The van der Waals surface area contributed by atoms with Crippen LogP contribution in [0.2, 0.25) is 5.02 Å². The van der Waals surface area contributed by atoms with Crippen LogP contribution in [0.1, 0.15) is 12.0 Å². The average Bonchev–Trinajstić information content (AvgIpc) is 2.47. The molecule has 0 aromatic heterocycles. The Kier molecular flexibility index (Phi) is 5.46. The van der Waals surface area contributed by atoms with Gasteiger partial charge in [0.05, 0.1) is 18.7 Å². The molecular weight excluding hydrogens is 288 g/mol. The number of hydrogen-bond donors (Lipinski definition) is 2. The summed E-state index contributed by atoms with van der Waals surface area (Å²) in [6, 6.07) is 14.6. The van der Waals surface area contributed by atoms with E-state index in [4.69, 9.17) is 22.1 Å². The number of hydrogen-bond acceptors (Lipinski definition) is 3. The third-order valence-electron chi connectivity index (χ3n) is 2.88. The largest absolute Gasteiger partial charge is 0.491 e. The number of anilines is 1. The van der Waals surface area contributed by atoms with Gasteiger partial charge in [-0.25, -0.2) is 0 Å². The summed E-state index contributed by atoms with van der Waals surface area (Å²) in [6.45, 7) is 0.739. The molecule has 5 heteroatoms. The van der Waals surface area contributed by atoms with E-state index in [1.54, 1.807) is 18.2 Å².